The molecule has 1 N–H and O–H groups in total. The fourth-order valence-electron chi connectivity index (χ4n) is 2.55. The standard InChI is InChI=1S/C14H19F2NO3S/c1-10(20-2)9-21(18,19)17-14(6-3-7-14)12-5-4-11(15)8-13(12)16/h4-5,8,10,17H,3,6-7,9H2,1-2H3. The fraction of sp³-hybridized carbons (Fsp3) is 0.571. The van der Waals surface area contributed by atoms with E-state index in [0.29, 0.717) is 12.8 Å². The molecule has 1 aromatic rings. The minimum absolute atomic E-state index is 0.198. The van der Waals surface area contributed by atoms with Crippen LogP contribution in [0.3, 0.4) is 0 Å². The highest BCUT2D eigenvalue weighted by Gasteiger charge is 2.43. The van der Waals surface area contributed by atoms with Gasteiger partial charge < -0.3 is 4.74 Å². The predicted octanol–water partition coefficient (Wildman–Crippen LogP) is 2.30. The molecule has 1 saturated carbocycles. The van der Waals surface area contributed by atoms with E-state index in [4.69, 9.17) is 4.74 Å². The molecule has 0 saturated heterocycles. The third kappa shape index (κ3) is 3.59. The average molecular weight is 319 g/mol. The summed E-state index contributed by atoms with van der Waals surface area (Å²) in [5.74, 6) is -1.60. The van der Waals surface area contributed by atoms with Crippen LogP contribution in [0.4, 0.5) is 8.78 Å². The van der Waals surface area contributed by atoms with Crippen LogP contribution >= 0.6 is 0 Å². The highest BCUT2D eigenvalue weighted by atomic mass is 32.2. The topological polar surface area (TPSA) is 55.4 Å². The molecule has 0 spiro atoms. The van der Waals surface area contributed by atoms with Crippen molar-refractivity contribution in [3.05, 3.63) is 35.4 Å². The van der Waals surface area contributed by atoms with Gasteiger partial charge in [-0.3, -0.25) is 0 Å². The molecule has 7 heteroatoms. The summed E-state index contributed by atoms with van der Waals surface area (Å²) in [5, 5.41) is 0. The van der Waals surface area contributed by atoms with Crippen molar-refractivity contribution < 1.29 is 21.9 Å². The largest absolute Gasteiger partial charge is 0.381 e. The van der Waals surface area contributed by atoms with Gasteiger partial charge in [0, 0.05) is 18.7 Å². The molecule has 118 valence electrons. The number of nitrogens with one attached hydrogen (secondary N) is 1. The summed E-state index contributed by atoms with van der Waals surface area (Å²) in [6.45, 7) is 1.64. The first-order chi connectivity index (χ1) is 9.78. The monoisotopic (exact) mass is 319 g/mol. The molecule has 1 atom stereocenters. The molecule has 0 radical (unpaired) electrons. The summed E-state index contributed by atoms with van der Waals surface area (Å²) in [7, 11) is -2.19. The van der Waals surface area contributed by atoms with Crippen LogP contribution in [0.15, 0.2) is 18.2 Å². The molecule has 1 unspecified atom stereocenters. The lowest BCUT2D eigenvalue weighted by molar-refractivity contribution is 0.135. The number of ether oxygens (including phenoxy) is 1. The maximum atomic E-state index is 14.0. The minimum Gasteiger partial charge on any atom is -0.381 e. The maximum Gasteiger partial charge on any atom is 0.214 e. The number of rotatable bonds is 6. The summed E-state index contributed by atoms with van der Waals surface area (Å²) in [6.07, 6.45) is 1.32. The molecular weight excluding hydrogens is 300 g/mol. The summed E-state index contributed by atoms with van der Waals surface area (Å²) >= 11 is 0. The lowest BCUT2D eigenvalue weighted by atomic mass is 9.72. The van der Waals surface area contributed by atoms with E-state index in [2.05, 4.69) is 4.72 Å². The van der Waals surface area contributed by atoms with Crippen LogP contribution in [0.25, 0.3) is 0 Å². The van der Waals surface area contributed by atoms with Crippen molar-refractivity contribution in [3.8, 4) is 0 Å². The van der Waals surface area contributed by atoms with E-state index < -0.39 is 33.3 Å². The number of sulfonamides is 1. The summed E-state index contributed by atoms with van der Waals surface area (Å²) in [6, 6.07) is 3.23. The number of halogens is 2. The van der Waals surface area contributed by atoms with E-state index in [1.807, 2.05) is 0 Å². The first-order valence-corrected chi connectivity index (χ1v) is 8.43. The molecule has 1 aromatic carbocycles. The van der Waals surface area contributed by atoms with Crippen molar-refractivity contribution in [3.63, 3.8) is 0 Å². The first-order valence-electron chi connectivity index (χ1n) is 6.78. The molecule has 1 aliphatic carbocycles. The lowest BCUT2D eigenvalue weighted by Crippen LogP contribution is -2.52. The first kappa shape index (κ1) is 16.3. The van der Waals surface area contributed by atoms with Crippen LogP contribution in [0.2, 0.25) is 0 Å². The van der Waals surface area contributed by atoms with E-state index in [-0.39, 0.29) is 11.3 Å². The lowest BCUT2D eigenvalue weighted by Gasteiger charge is -2.42. The van der Waals surface area contributed by atoms with Gasteiger partial charge in [-0.2, -0.15) is 0 Å². The molecule has 21 heavy (non-hydrogen) atoms. The van der Waals surface area contributed by atoms with Crippen LogP contribution in [0.5, 0.6) is 0 Å². The van der Waals surface area contributed by atoms with E-state index >= 15 is 0 Å². The van der Waals surface area contributed by atoms with Crippen LogP contribution < -0.4 is 4.72 Å². The molecule has 0 heterocycles. The third-order valence-corrected chi connectivity index (χ3v) is 5.47. The Morgan fingerprint density at radius 1 is 1.38 bits per heavy atom. The predicted molar refractivity (Wildman–Crippen MR) is 75.3 cm³/mol. The zero-order chi connectivity index (χ0) is 15.7. The van der Waals surface area contributed by atoms with E-state index in [1.165, 1.54) is 13.2 Å². The van der Waals surface area contributed by atoms with E-state index in [9.17, 15) is 17.2 Å². The van der Waals surface area contributed by atoms with Gasteiger partial charge in [-0.15, -0.1) is 0 Å². The van der Waals surface area contributed by atoms with Crippen LogP contribution in [0.1, 0.15) is 31.7 Å². The molecule has 4 nitrogen and oxygen atoms in total. The fourth-order valence-corrected chi connectivity index (χ4v) is 4.30. The summed E-state index contributed by atoms with van der Waals surface area (Å²) < 4.78 is 58.9. The Morgan fingerprint density at radius 2 is 2.05 bits per heavy atom. The molecule has 0 aliphatic heterocycles. The van der Waals surface area contributed by atoms with Gasteiger partial charge in [0.15, 0.2) is 0 Å². The third-order valence-electron chi connectivity index (χ3n) is 3.86. The second kappa shape index (κ2) is 5.98. The molecule has 0 aromatic heterocycles. The van der Waals surface area contributed by atoms with Crippen LogP contribution in [-0.4, -0.2) is 27.4 Å². The molecular formula is C14H19F2NO3S. The van der Waals surface area contributed by atoms with Crippen molar-refractivity contribution in [1.29, 1.82) is 0 Å². The number of hydrogen-bond donors (Lipinski definition) is 1. The smallest absolute Gasteiger partial charge is 0.214 e. The average Bonchev–Trinajstić information content (AvgIpc) is 2.34. The molecule has 1 aliphatic rings. The maximum absolute atomic E-state index is 14.0. The summed E-state index contributed by atoms with van der Waals surface area (Å²) in [4.78, 5) is 0. The second-order valence-corrected chi connectivity index (χ2v) is 7.26. The zero-order valence-electron chi connectivity index (χ0n) is 12.0. The molecule has 2 rings (SSSR count). The quantitative estimate of drug-likeness (QED) is 0.875. The number of methoxy groups -OCH3 is 1. The van der Waals surface area contributed by atoms with Gasteiger partial charge in [0.1, 0.15) is 11.6 Å². The van der Waals surface area contributed by atoms with Crippen molar-refractivity contribution in [2.75, 3.05) is 12.9 Å². The Balaban J connectivity index is 2.26. The SMILES string of the molecule is COC(C)CS(=O)(=O)NC1(c2ccc(F)cc2F)CCC1. The normalized spacial score (nSPS) is 19.0. The Labute approximate surface area is 123 Å². The Kier molecular flexibility index (Phi) is 4.65. The van der Waals surface area contributed by atoms with Gasteiger partial charge in [0.25, 0.3) is 0 Å². The number of hydrogen-bond acceptors (Lipinski definition) is 3. The van der Waals surface area contributed by atoms with Crippen molar-refractivity contribution >= 4 is 10.0 Å². The van der Waals surface area contributed by atoms with Crippen LogP contribution in [-0.2, 0) is 20.3 Å². The van der Waals surface area contributed by atoms with Gasteiger partial charge >= 0.3 is 0 Å². The second-order valence-electron chi connectivity index (χ2n) is 5.49. The van der Waals surface area contributed by atoms with Gasteiger partial charge in [-0.25, -0.2) is 21.9 Å². The van der Waals surface area contributed by atoms with E-state index in [1.54, 1.807) is 6.92 Å². The Hall–Kier alpha value is -1.05. The van der Waals surface area contributed by atoms with Crippen molar-refractivity contribution in [2.24, 2.45) is 0 Å². The van der Waals surface area contributed by atoms with Gasteiger partial charge in [-0.1, -0.05) is 6.07 Å². The van der Waals surface area contributed by atoms with Gasteiger partial charge in [-0.05, 0) is 32.3 Å². The van der Waals surface area contributed by atoms with Gasteiger partial charge in [0.05, 0.1) is 17.4 Å². The highest BCUT2D eigenvalue weighted by Crippen LogP contribution is 2.43. The minimum atomic E-state index is -3.62. The summed E-state index contributed by atoms with van der Waals surface area (Å²) in [5.41, 5.74) is -0.770. The van der Waals surface area contributed by atoms with Gasteiger partial charge in [0.2, 0.25) is 10.0 Å². The van der Waals surface area contributed by atoms with Crippen molar-refractivity contribution in [2.45, 2.75) is 37.8 Å². The number of benzene rings is 1. The Bertz CT molecular complexity index is 615. The van der Waals surface area contributed by atoms with Crippen LogP contribution in [0, 0.1) is 11.6 Å². The molecule has 1 fully saturated rings. The Morgan fingerprint density at radius 3 is 2.52 bits per heavy atom. The molecule has 0 amide bonds. The zero-order valence-corrected chi connectivity index (χ0v) is 12.8. The van der Waals surface area contributed by atoms with E-state index in [0.717, 1.165) is 18.6 Å². The highest BCUT2D eigenvalue weighted by molar-refractivity contribution is 7.89. The van der Waals surface area contributed by atoms with Crippen molar-refractivity contribution in [1.82, 2.24) is 4.72 Å². The molecule has 0 bridgehead atoms.